The van der Waals surface area contributed by atoms with Crippen molar-refractivity contribution in [1.29, 1.82) is 0 Å². The second-order valence-electron chi connectivity index (χ2n) is 4.97. The van der Waals surface area contributed by atoms with Crippen molar-refractivity contribution in [1.82, 2.24) is 0 Å². The second-order valence-corrected chi connectivity index (χ2v) is 4.97. The first-order chi connectivity index (χ1) is 9.65. The summed E-state index contributed by atoms with van der Waals surface area (Å²) in [6.45, 7) is 0. The predicted octanol–water partition coefficient (Wildman–Crippen LogP) is 3.19. The Morgan fingerprint density at radius 3 is 2.80 bits per heavy atom. The third-order valence-corrected chi connectivity index (χ3v) is 3.69. The number of aromatic hydroxyl groups is 1. The zero-order valence-corrected chi connectivity index (χ0v) is 10.8. The van der Waals surface area contributed by atoms with Crippen molar-refractivity contribution in [2.75, 3.05) is 5.32 Å². The fourth-order valence-corrected chi connectivity index (χ4v) is 2.74. The Morgan fingerprint density at radius 2 is 2.00 bits per heavy atom. The minimum absolute atomic E-state index is 0.0890. The smallest absolute Gasteiger partial charge is 0.337 e. The number of anilines is 1. The summed E-state index contributed by atoms with van der Waals surface area (Å²) >= 11 is 0. The maximum absolute atomic E-state index is 11.2. The van der Waals surface area contributed by atoms with Crippen LogP contribution < -0.4 is 5.32 Å². The number of para-hydroxylation sites is 1. The minimum atomic E-state index is -0.933. The van der Waals surface area contributed by atoms with Crippen LogP contribution >= 0.6 is 0 Å². The minimum Gasteiger partial charge on any atom is -0.508 e. The fourth-order valence-electron chi connectivity index (χ4n) is 2.74. The van der Waals surface area contributed by atoms with Crippen molar-refractivity contribution in [3.63, 3.8) is 0 Å². The average molecular weight is 269 g/mol. The quantitative estimate of drug-likeness (QED) is 0.800. The number of phenolic OH excluding ortho intramolecular Hbond substituents is 1. The van der Waals surface area contributed by atoms with E-state index in [0.717, 1.165) is 24.0 Å². The molecule has 102 valence electrons. The number of aromatic carboxylic acids is 1. The molecule has 1 atom stereocenters. The van der Waals surface area contributed by atoms with Crippen LogP contribution in [0.4, 0.5) is 5.69 Å². The Kier molecular flexibility index (Phi) is 3.06. The van der Waals surface area contributed by atoms with Gasteiger partial charge in [-0.1, -0.05) is 18.2 Å². The topological polar surface area (TPSA) is 69.6 Å². The van der Waals surface area contributed by atoms with Gasteiger partial charge >= 0.3 is 5.97 Å². The molecular formula is C16H15NO3. The summed E-state index contributed by atoms with van der Waals surface area (Å²) in [4.78, 5) is 11.2. The van der Waals surface area contributed by atoms with Gasteiger partial charge in [0, 0.05) is 5.69 Å². The van der Waals surface area contributed by atoms with Gasteiger partial charge in [0.1, 0.15) is 5.75 Å². The highest BCUT2D eigenvalue weighted by atomic mass is 16.4. The van der Waals surface area contributed by atoms with Gasteiger partial charge < -0.3 is 15.5 Å². The number of hydrogen-bond acceptors (Lipinski definition) is 3. The third kappa shape index (κ3) is 2.20. The molecule has 0 heterocycles. The highest BCUT2D eigenvalue weighted by Gasteiger charge is 2.23. The lowest BCUT2D eigenvalue weighted by Crippen LogP contribution is -2.10. The Labute approximate surface area is 116 Å². The normalized spacial score (nSPS) is 16.7. The Morgan fingerprint density at radius 1 is 1.20 bits per heavy atom. The van der Waals surface area contributed by atoms with E-state index in [1.165, 1.54) is 0 Å². The van der Waals surface area contributed by atoms with Crippen molar-refractivity contribution in [2.45, 2.75) is 18.9 Å². The molecule has 0 fully saturated rings. The van der Waals surface area contributed by atoms with Crippen LogP contribution in [-0.2, 0) is 6.42 Å². The second kappa shape index (κ2) is 4.89. The molecule has 4 heteroatoms. The molecule has 0 saturated carbocycles. The van der Waals surface area contributed by atoms with E-state index in [1.807, 2.05) is 12.1 Å². The SMILES string of the molecule is O=C(O)c1ccccc1NC1CCc2cc(O)ccc21. The lowest BCUT2D eigenvalue weighted by Gasteiger charge is -2.17. The Balaban J connectivity index is 1.90. The summed E-state index contributed by atoms with van der Waals surface area (Å²) in [7, 11) is 0. The van der Waals surface area contributed by atoms with Crippen LogP contribution in [0.2, 0.25) is 0 Å². The van der Waals surface area contributed by atoms with E-state index < -0.39 is 5.97 Å². The number of nitrogens with one attached hydrogen (secondary N) is 1. The molecule has 1 unspecified atom stereocenters. The highest BCUT2D eigenvalue weighted by molar-refractivity contribution is 5.94. The molecular weight excluding hydrogens is 254 g/mol. The van der Waals surface area contributed by atoms with Gasteiger partial charge in [0.05, 0.1) is 11.6 Å². The summed E-state index contributed by atoms with van der Waals surface area (Å²) in [5.41, 5.74) is 3.16. The fraction of sp³-hybridized carbons (Fsp3) is 0.188. The molecule has 0 saturated heterocycles. The Bertz CT molecular complexity index is 667. The lowest BCUT2D eigenvalue weighted by molar-refractivity contribution is 0.0698. The van der Waals surface area contributed by atoms with Crippen LogP contribution in [0.25, 0.3) is 0 Å². The first kappa shape index (κ1) is 12.5. The number of phenols is 1. The number of aryl methyl sites for hydroxylation is 1. The van der Waals surface area contributed by atoms with Crippen LogP contribution in [-0.4, -0.2) is 16.2 Å². The summed E-state index contributed by atoms with van der Waals surface area (Å²) in [6.07, 6.45) is 1.78. The molecule has 0 spiro atoms. The maximum Gasteiger partial charge on any atom is 0.337 e. The van der Waals surface area contributed by atoms with E-state index in [-0.39, 0.29) is 17.4 Å². The number of carboxylic acid groups (broad SMARTS) is 1. The monoisotopic (exact) mass is 269 g/mol. The van der Waals surface area contributed by atoms with Gasteiger partial charge in [-0.3, -0.25) is 0 Å². The zero-order valence-electron chi connectivity index (χ0n) is 10.8. The van der Waals surface area contributed by atoms with E-state index in [9.17, 15) is 15.0 Å². The van der Waals surface area contributed by atoms with E-state index in [2.05, 4.69) is 5.32 Å². The van der Waals surface area contributed by atoms with Crippen molar-refractivity contribution < 1.29 is 15.0 Å². The molecule has 2 aromatic rings. The summed E-state index contributed by atoms with van der Waals surface area (Å²) < 4.78 is 0. The van der Waals surface area contributed by atoms with Gasteiger partial charge in [-0.05, 0) is 48.2 Å². The maximum atomic E-state index is 11.2. The largest absolute Gasteiger partial charge is 0.508 e. The molecule has 4 nitrogen and oxygen atoms in total. The van der Waals surface area contributed by atoms with Crippen molar-refractivity contribution >= 4 is 11.7 Å². The van der Waals surface area contributed by atoms with Crippen LogP contribution in [0.5, 0.6) is 5.75 Å². The van der Waals surface area contributed by atoms with Crippen LogP contribution in [0, 0.1) is 0 Å². The Hall–Kier alpha value is -2.49. The first-order valence-corrected chi connectivity index (χ1v) is 6.56. The van der Waals surface area contributed by atoms with Crippen molar-refractivity contribution in [3.8, 4) is 5.75 Å². The van der Waals surface area contributed by atoms with Gasteiger partial charge in [-0.2, -0.15) is 0 Å². The number of fused-ring (bicyclic) bond motifs is 1. The number of rotatable bonds is 3. The van der Waals surface area contributed by atoms with Crippen LogP contribution in [0.15, 0.2) is 42.5 Å². The van der Waals surface area contributed by atoms with E-state index >= 15 is 0 Å². The molecule has 0 radical (unpaired) electrons. The van der Waals surface area contributed by atoms with E-state index in [0.29, 0.717) is 5.69 Å². The van der Waals surface area contributed by atoms with Crippen molar-refractivity contribution in [3.05, 3.63) is 59.2 Å². The van der Waals surface area contributed by atoms with Gasteiger partial charge in [-0.25, -0.2) is 4.79 Å². The number of carboxylic acids is 1. The van der Waals surface area contributed by atoms with Crippen LogP contribution in [0.3, 0.4) is 0 Å². The number of benzene rings is 2. The van der Waals surface area contributed by atoms with E-state index in [1.54, 1.807) is 30.3 Å². The molecule has 0 bridgehead atoms. The summed E-state index contributed by atoms with van der Waals surface area (Å²) in [5, 5.41) is 22.0. The van der Waals surface area contributed by atoms with Gasteiger partial charge in [0.2, 0.25) is 0 Å². The summed E-state index contributed by atoms with van der Waals surface area (Å²) in [5.74, 6) is -0.660. The standard InChI is InChI=1S/C16H15NO3/c18-11-6-7-12-10(9-11)5-8-15(12)17-14-4-2-1-3-13(14)16(19)20/h1-4,6-7,9,15,17-18H,5,8H2,(H,19,20). The van der Waals surface area contributed by atoms with Gasteiger partial charge in [-0.15, -0.1) is 0 Å². The predicted molar refractivity (Wildman–Crippen MR) is 76.2 cm³/mol. The third-order valence-electron chi connectivity index (χ3n) is 3.69. The van der Waals surface area contributed by atoms with Gasteiger partial charge in [0.15, 0.2) is 0 Å². The average Bonchev–Trinajstić information content (AvgIpc) is 2.81. The molecule has 0 aliphatic heterocycles. The molecule has 1 aliphatic carbocycles. The van der Waals surface area contributed by atoms with E-state index in [4.69, 9.17) is 0 Å². The molecule has 0 aromatic heterocycles. The number of hydrogen-bond donors (Lipinski definition) is 3. The molecule has 20 heavy (non-hydrogen) atoms. The van der Waals surface area contributed by atoms with Crippen LogP contribution in [0.1, 0.15) is 33.9 Å². The zero-order chi connectivity index (χ0) is 14.1. The summed E-state index contributed by atoms with van der Waals surface area (Å²) in [6, 6.07) is 12.3. The van der Waals surface area contributed by atoms with Gasteiger partial charge in [0.25, 0.3) is 0 Å². The van der Waals surface area contributed by atoms with Crippen molar-refractivity contribution in [2.24, 2.45) is 0 Å². The molecule has 2 aromatic carbocycles. The number of carbonyl (C=O) groups is 1. The molecule has 0 amide bonds. The molecule has 3 N–H and O–H groups in total. The highest BCUT2D eigenvalue weighted by Crippen LogP contribution is 2.36. The first-order valence-electron chi connectivity index (χ1n) is 6.56. The molecule has 1 aliphatic rings. The lowest BCUT2D eigenvalue weighted by atomic mass is 10.1. The molecule has 3 rings (SSSR count).